The van der Waals surface area contributed by atoms with E-state index in [1.54, 1.807) is 20.8 Å². The van der Waals surface area contributed by atoms with Gasteiger partial charge < -0.3 is 10.1 Å². The Morgan fingerprint density at radius 3 is 2.15 bits per heavy atom. The van der Waals surface area contributed by atoms with Crippen LogP contribution in [0.15, 0.2) is 29.2 Å². The molecule has 0 saturated heterocycles. The van der Waals surface area contributed by atoms with E-state index >= 15 is 0 Å². The normalized spacial score (nSPS) is 13.2. The number of ether oxygens (including phenoxy) is 1. The molecular formula is C17H25FN2O5S. The fourth-order valence-electron chi connectivity index (χ4n) is 2.03. The third-order valence-electron chi connectivity index (χ3n) is 3.07. The average molecular weight is 388 g/mol. The second-order valence-corrected chi connectivity index (χ2v) is 8.93. The van der Waals surface area contributed by atoms with Crippen molar-refractivity contribution in [2.24, 2.45) is 5.92 Å². The third-order valence-corrected chi connectivity index (χ3v) is 4.44. The van der Waals surface area contributed by atoms with E-state index in [1.807, 2.05) is 18.6 Å². The van der Waals surface area contributed by atoms with Crippen LogP contribution in [0.4, 0.5) is 9.18 Å². The Balaban J connectivity index is 2.91. The molecule has 0 aromatic heterocycles. The number of halogens is 1. The van der Waals surface area contributed by atoms with Crippen molar-refractivity contribution in [3.8, 4) is 0 Å². The van der Waals surface area contributed by atoms with E-state index in [0.717, 1.165) is 24.3 Å². The van der Waals surface area contributed by atoms with Crippen LogP contribution in [0, 0.1) is 11.7 Å². The van der Waals surface area contributed by atoms with Crippen LogP contribution in [-0.4, -0.2) is 32.1 Å². The molecule has 0 radical (unpaired) electrons. The second-order valence-electron chi connectivity index (χ2n) is 7.25. The minimum atomic E-state index is -4.19. The first kappa shape index (κ1) is 21.9. The van der Waals surface area contributed by atoms with Gasteiger partial charge in [0.2, 0.25) is 0 Å². The maximum Gasteiger partial charge on any atom is 0.408 e. The molecule has 26 heavy (non-hydrogen) atoms. The molecule has 0 unspecified atom stereocenters. The number of benzene rings is 1. The van der Waals surface area contributed by atoms with Crippen LogP contribution in [0.5, 0.6) is 0 Å². The summed E-state index contributed by atoms with van der Waals surface area (Å²) in [6.07, 6.45) is -0.609. The first-order chi connectivity index (χ1) is 11.8. The zero-order chi connectivity index (χ0) is 20.1. The van der Waals surface area contributed by atoms with Gasteiger partial charge in [-0.1, -0.05) is 13.8 Å². The van der Waals surface area contributed by atoms with Crippen molar-refractivity contribution in [1.29, 1.82) is 0 Å². The van der Waals surface area contributed by atoms with Crippen molar-refractivity contribution in [3.05, 3.63) is 30.1 Å². The van der Waals surface area contributed by atoms with E-state index < -0.39 is 39.5 Å². The maximum atomic E-state index is 12.9. The van der Waals surface area contributed by atoms with E-state index in [9.17, 15) is 22.4 Å². The highest BCUT2D eigenvalue weighted by Gasteiger charge is 2.28. The molecule has 0 aliphatic carbocycles. The fraction of sp³-hybridized carbons (Fsp3) is 0.529. The van der Waals surface area contributed by atoms with Gasteiger partial charge in [0.15, 0.2) is 0 Å². The van der Waals surface area contributed by atoms with Crippen LogP contribution in [0.2, 0.25) is 0 Å². The minimum absolute atomic E-state index is 0.00853. The van der Waals surface area contributed by atoms with Gasteiger partial charge in [-0.2, -0.15) is 0 Å². The molecule has 0 fully saturated rings. The zero-order valence-corrected chi connectivity index (χ0v) is 16.3. The number of amides is 2. The van der Waals surface area contributed by atoms with Gasteiger partial charge in [-0.3, -0.25) is 4.79 Å². The smallest absolute Gasteiger partial charge is 0.408 e. The summed E-state index contributed by atoms with van der Waals surface area (Å²) in [5.74, 6) is -1.48. The lowest BCUT2D eigenvalue weighted by molar-refractivity contribution is -0.121. The first-order valence-corrected chi connectivity index (χ1v) is 9.60. The molecule has 1 aromatic carbocycles. The molecule has 0 heterocycles. The summed E-state index contributed by atoms with van der Waals surface area (Å²) in [6, 6.07) is 2.95. The Bertz CT molecular complexity index is 739. The summed E-state index contributed by atoms with van der Waals surface area (Å²) in [5, 5.41) is 2.39. The Labute approximate surface area is 153 Å². The van der Waals surface area contributed by atoms with Crippen molar-refractivity contribution < 1.29 is 27.1 Å². The average Bonchev–Trinajstić information content (AvgIpc) is 2.44. The quantitative estimate of drug-likeness (QED) is 0.780. The molecule has 0 bridgehead atoms. The van der Waals surface area contributed by atoms with E-state index in [1.165, 1.54) is 0 Å². The van der Waals surface area contributed by atoms with Crippen molar-refractivity contribution >= 4 is 22.0 Å². The van der Waals surface area contributed by atoms with Crippen molar-refractivity contribution in [3.63, 3.8) is 0 Å². The lowest BCUT2D eigenvalue weighted by atomic mass is 10.0. The van der Waals surface area contributed by atoms with Crippen molar-refractivity contribution in [2.75, 3.05) is 0 Å². The van der Waals surface area contributed by atoms with E-state index in [-0.39, 0.29) is 17.2 Å². The molecule has 0 saturated carbocycles. The molecule has 7 nitrogen and oxygen atoms in total. The summed E-state index contributed by atoms with van der Waals surface area (Å²) < 4.78 is 44.5. The second kappa shape index (κ2) is 8.48. The molecule has 0 spiro atoms. The van der Waals surface area contributed by atoms with E-state index in [2.05, 4.69) is 5.32 Å². The molecule has 1 aromatic rings. The monoisotopic (exact) mass is 388 g/mol. The Kier molecular flexibility index (Phi) is 7.14. The van der Waals surface area contributed by atoms with Crippen LogP contribution in [-0.2, 0) is 19.6 Å². The van der Waals surface area contributed by atoms with Gasteiger partial charge in [0.05, 0.1) is 4.90 Å². The number of carbonyl (C=O) groups is 2. The largest absolute Gasteiger partial charge is 0.444 e. The predicted molar refractivity (Wildman–Crippen MR) is 94.3 cm³/mol. The van der Waals surface area contributed by atoms with Crippen LogP contribution < -0.4 is 10.0 Å². The Morgan fingerprint density at radius 2 is 1.69 bits per heavy atom. The SMILES string of the molecule is CC(C)C[C@H](NC(=O)OC(C)(C)C)C(=O)NS(=O)(=O)c1ccc(F)cc1. The number of rotatable bonds is 6. The van der Waals surface area contributed by atoms with Gasteiger partial charge >= 0.3 is 6.09 Å². The fourth-order valence-corrected chi connectivity index (χ4v) is 3.05. The van der Waals surface area contributed by atoms with Gasteiger partial charge in [0.1, 0.15) is 17.5 Å². The van der Waals surface area contributed by atoms with Gasteiger partial charge in [0.25, 0.3) is 15.9 Å². The molecular weight excluding hydrogens is 363 g/mol. The molecule has 0 aliphatic heterocycles. The number of hydrogen-bond donors (Lipinski definition) is 2. The summed E-state index contributed by atoms with van der Waals surface area (Å²) in [6.45, 7) is 8.66. The molecule has 0 aliphatic rings. The van der Waals surface area contributed by atoms with Gasteiger partial charge in [-0.15, -0.1) is 0 Å². The number of hydrogen-bond acceptors (Lipinski definition) is 5. The molecule has 1 atom stereocenters. The number of carbonyl (C=O) groups excluding carboxylic acids is 2. The summed E-state index contributed by atoms with van der Waals surface area (Å²) in [4.78, 5) is 24.1. The van der Waals surface area contributed by atoms with Gasteiger partial charge in [-0.05, 0) is 57.4 Å². The van der Waals surface area contributed by atoms with E-state index in [4.69, 9.17) is 4.74 Å². The lowest BCUT2D eigenvalue weighted by Crippen LogP contribution is -2.50. The topological polar surface area (TPSA) is 102 Å². The zero-order valence-electron chi connectivity index (χ0n) is 15.5. The summed E-state index contributed by atoms with van der Waals surface area (Å²) in [7, 11) is -4.19. The predicted octanol–water partition coefficient (Wildman–Crippen LogP) is 2.57. The minimum Gasteiger partial charge on any atom is -0.444 e. The lowest BCUT2D eigenvalue weighted by Gasteiger charge is -2.24. The Morgan fingerprint density at radius 1 is 1.15 bits per heavy atom. The first-order valence-electron chi connectivity index (χ1n) is 8.12. The van der Waals surface area contributed by atoms with Crippen molar-refractivity contribution in [2.45, 2.75) is 57.6 Å². The number of alkyl carbamates (subject to hydrolysis) is 1. The van der Waals surface area contributed by atoms with E-state index in [0.29, 0.717) is 0 Å². The highest BCUT2D eigenvalue weighted by molar-refractivity contribution is 7.90. The van der Waals surface area contributed by atoms with Gasteiger partial charge in [0, 0.05) is 0 Å². The Hall–Kier alpha value is -2.16. The molecule has 1 rings (SSSR count). The summed E-state index contributed by atoms with van der Waals surface area (Å²) in [5.41, 5.74) is -0.761. The van der Waals surface area contributed by atoms with Crippen molar-refractivity contribution in [1.82, 2.24) is 10.0 Å². The van der Waals surface area contributed by atoms with Crippen LogP contribution in [0.25, 0.3) is 0 Å². The van der Waals surface area contributed by atoms with Crippen LogP contribution >= 0.6 is 0 Å². The third kappa shape index (κ3) is 7.38. The highest BCUT2D eigenvalue weighted by Crippen LogP contribution is 2.12. The number of sulfonamides is 1. The molecule has 2 N–H and O–H groups in total. The summed E-state index contributed by atoms with van der Waals surface area (Å²) >= 11 is 0. The van der Waals surface area contributed by atoms with Gasteiger partial charge in [-0.25, -0.2) is 22.3 Å². The van der Waals surface area contributed by atoms with Crippen LogP contribution in [0.1, 0.15) is 41.0 Å². The highest BCUT2D eigenvalue weighted by atomic mass is 32.2. The number of nitrogens with one attached hydrogen (secondary N) is 2. The molecule has 146 valence electrons. The molecule has 2 amide bonds. The standard InChI is InChI=1S/C17H25FN2O5S/c1-11(2)10-14(19-16(22)25-17(3,4)5)15(21)20-26(23,24)13-8-6-12(18)7-9-13/h6-9,11,14H,10H2,1-5H3,(H,19,22)(H,20,21)/t14-/m0/s1. The molecule has 9 heteroatoms. The maximum absolute atomic E-state index is 12.9. The van der Waals surface area contributed by atoms with Crippen LogP contribution in [0.3, 0.4) is 0 Å².